The van der Waals surface area contributed by atoms with Gasteiger partial charge in [0.25, 0.3) is 0 Å². The smallest absolute Gasteiger partial charge is 0.142 e. The molecular formula is C12H20N2O. The molecule has 0 amide bonds. The molecule has 1 aliphatic rings. The zero-order chi connectivity index (χ0) is 10.8. The highest BCUT2D eigenvalue weighted by atomic mass is 16.5. The van der Waals surface area contributed by atoms with E-state index in [1.165, 1.54) is 31.2 Å². The van der Waals surface area contributed by atoms with Gasteiger partial charge in [-0.05, 0) is 52.0 Å². The van der Waals surface area contributed by atoms with Crippen molar-refractivity contribution in [2.45, 2.75) is 45.4 Å². The molecule has 1 heterocycles. The third-order valence-electron chi connectivity index (χ3n) is 3.74. The molecule has 0 saturated heterocycles. The summed E-state index contributed by atoms with van der Waals surface area (Å²) >= 11 is 0. The van der Waals surface area contributed by atoms with Crippen LogP contribution in [0.2, 0.25) is 0 Å². The van der Waals surface area contributed by atoms with Gasteiger partial charge < -0.3 is 10.3 Å². The lowest BCUT2D eigenvalue weighted by Gasteiger charge is -2.26. The molecular weight excluding hydrogens is 188 g/mol. The third kappa shape index (κ3) is 2.07. The SMILES string of the molecule is Cc1noc(C2CCC(CN)CC2)c1C. The molecule has 3 heteroatoms. The van der Waals surface area contributed by atoms with Crippen molar-refractivity contribution in [3.05, 3.63) is 17.0 Å². The molecule has 2 rings (SSSR count). The maximum Gasteiger partial charge on any atom is 0.142 e. The topological polar surface area (TPSA) is 52.0 Å². The number of nitrogens with two attached hydrogens (primary N) is 1. The van der Waals surface area contributed by atoms with E-state index in [9.17, 15) is 0 Å². The van der Waals surface area contributed by atoms with E-state index in [0.29, 0.717) is 5.92 Å². The van der Waals surface area contributed by atoms with Crippen LogP contribution < -0.4 is 5.73 Å². The van der Waals surface area contributed by atoms with Gasteiger partial charge in [-0.1, -0.05) is 5.16 Å². The molecule has 0 radical (unpaired) electrons. The molecule has 0 spiro atoms. The Balaban J connectivity index is 2.04. The number of aryl methyl sites for hydroxylation is 1. The monoisotopic (exact) mass is 208 g/mol. The number of nitrogens with zero attached hydrogens (tertiary/aromatic N) is 1. The van der Waals surface area contributed by atoms with Crippen LogP contribution in [0.5, 0.6) is 0 Å². The molecule has 3 nitrogen and oxygen atoms in total. The summed E-state index contributed by atoms with van der Waals surface area (Å²) in [5.41, 5.74) is 7.96. The minimum atomic E-state index is 0.578. The van der Waals surface area contributed by atoms with Crippen LogP contribution in [0.1, 0.15) is 48.6 Å². The molecule has 1 saturated carbocycles. The van der Waals surface area contributed by atoms with Gasteiger partial charge in [0, 0.05) is 11.5 Å². The van der Waals surface area contributed by atoms with E-state index in [1.54, 1.807) is 0 Å². The molecule has 1 aliphatic carbocycles. The van der Waals surface area contributed by atoms with E-state index in [2.05, 4.69) is 12.1 Å². The van der Waals surface area contributed by atoms with Crippen LogP contribution in [0.3, 0.4) is 0 Å². The van der Waals surface area contributed by atoms with E-state index in [4.69, 9.17) is 10.3 Å². The Kier molecular flexibility index (Phi) is 3.10. The second-order valence-electron chi connectivity index (χ2n) is 4.71. The first-order valence-electron chi connectivity index (χ1n) is 5.85. The summed E-state index contributed by atoms with van der Waals surface area (Å²) in [6, 6.07) is 0. The predicted octanol–water partition coefficient (Wildman–Crippen LogP) is 2.52. The van der Waals surface area contributed by atoms with Gasteiger partial charge in [0.05, 0.1) is 5.69 Å². The zero-order valence-electron chi connectivity index (χ0n) is 9.62. The van der Waals surface area contributed by atoms with Crippen LogP contribution in [0, 0.1) is 19.8 Å². The first-order chi connectivity index (χ1) is 7.22. The molecule has 0 aliphatic heterocycles. The molecule has 0 atom stereocenters. The van der Waals surface area contributed by atoms with Crippen molar-refractivity contribution in [3.63, 3.8) is 0 Å². The van der Waals surface area contributed by atoms with Gasteiger partial charge in [-0.25, -0.2) is 0 Å². The molecule has 0 unspecified atom stereocenters. The Hall–Kier alpha value is -0.830. The van der Waals surface area contributed by atoms with Crippen molar-refractivity contribution in [1.82, 2.24) is 5.16 Å². The molecule has 15 heavy (non-hydrogen) atoms. The van der Waals surface area contributed by atoms with Crippen LogP contribution in [0.25, 0.3) is 0 Å². The van der Waals surface area contributed by atoms with Gasteiger partial charge >= 0.3 is 0 Å². The number of aromatic nitrogens is 1. The zero-order valence-corrected chi connectivity index (χ0v) is 9.62. The predicted molar refractivity (Wildman–Crippen MR) is 59.7 cm³/mol. The fourth-order valence-corrected chi connectivity index (χ4v) is 2.47. The summed E-state index contributed by atoms with van der Waals surface area (Å²) in [5, 5.41) is 4.03. The van der Waals surface area contributed by atoms with E-state index in [1.807, 2.05) is 6.92 Å². The normalized spacial score (nSPS) is 26.9. The highest BCUT2D eigenvalue weighted by Gasteiger charge is 2.26. The van der Waals surface area contributed by atoms with Gasteiger partial charge in [0.15, 0.2) is 0 Å². The Morgan fingerprint density at radius 1 is 1.27 bits per heavy atom. The fraction of sp³-hybridized carbons (Fsp3) is 0.750. The summed E-state index contributed by atoms with van der Waals surface area (Å²) in [7, 11) is 0. The highest BCUT2D eigenvalue weighted by molar-refractivity contribution is 5.23. The van der Waals surface area contributed by atoms with Crippen molar-refractivity contribution >= 4 is 0 Å². The summed E-state index contributed by atoms with van der Waals surface area (Å²) in [6.07, 6.45) is 4.88. The van der Waals surface area contributed by atoms with Gasteiger partial charge in [-0.15, -0.1) is 0 Å². The highest BCUT2D eigenvalue weighted by Crippen LogP contribution is 2.37. The second-order valence-corrected chi connectivity index (χ2v) is 4.71. The van der Waals surface area contributed by atoms with Crippen LogP contribution >= 0.6 is 0 Å². The number of hydrogen-bond donors (Lipinski definition) is 1. The Morgan fingerprint density at radius 2 is 1.93 bits per heavy atom. The van der Waals surface area contributed by atoms with Crippen molar-refractivity contribution in [2.24, 2.45) is 11.7 Å². The van der Waals surface area contributed by atoms with Gasteiger partial charge in [0.2, 0.25) is 0 Å². The van der Waals surface area contributed by atoms with Gasteiger partial charge in [-0.3, -0.25) is 0 Å². The van der Waals surface area contributed by atoms with Crippen LogP contribution in [-0.4, -0.2) is 11.7 Å². The Bertz CT molecular complexity index is 324. The van der Waals surface area contributed by atoms with Crippen LogP contribution in [0.15, 0.2) is 4.52 Å². The van der Waals surface area contributed by atoms with E-state index < -0.39 is 0 Å². The molecule has 2 N–H and O–H groups in total. The Morgan fingerprint density at radius 3 is 2.40 bits per heavy atom. The lowest BCUT2D eigenvalue weighted by molar-refractivity contribution is 0.279. The van der Waals surface area contributed by atoms with Gasteiger partial charge in [-0.2, -0.15) is 0 Å². The van der Waals surface area contributed by atoms with E-state index >= 15 is 0 Å². The maximum absolute atomic E-state index is 5.69. The summed E-state index contributed by atoms with van der Waals surface area (Å²) < 4.78 is 5.42. The second kappa shape index (κ2) is 4.35. The summed E-state index contributed by atoms with van der Waals surface area (Å²) in [6.45, 7) is 4.95. The Labute approximate surface area is 91.0 Å². The molecule has 1 fully saturated rings. The van der Waals surface area contributed by atoms with E-state index in [0.717, 1.165) is 23.9 Å². The summed E-state index contributed by atoms with van der Waals surface area (Å²) in [4.78, 5) is 0. The van der Waals surface area contributed by atoms with Crippen molar-refractivity contribution in [3.8, 4) is 0 Å². The van der Waals surface area contributed by atoms with Gasteiger partial charge in [0.1, 0.15) is 5.76 Å². The largest absolute Gasteiger partial charge is 0.361 e. The van der Waals surface area contributed by atoms with Crippen LogP contribution in [-0.2, 0) is 0 Å². The molecule has 0 bridgehead atoms. The quantitative estimate of drug-likeness (QED) is 0.812. The van der Waals surface area contributed by atoms with Crippen molar-refractivity contribution < 1.29 is 4.52 Å². The minimum absolute atomic E-state index is 0.578. The van der Waals surface area contributed by atoms with Crippen molar-refractivity contribution in [1.29, 1.82) is 0 Å². The maximum atomic E-state index is 5.69. The fourth-order valence-electron chi connectivity index (χ4n) is 2.47. The van der Waals surface area contributed by atoms with Crippen molar-refractivity contribution in [2.75, 3.05) is 6.54 Å². The van der Waals surface area contributed by atoms with E-state index in [-0.39, 0.29) is 0 Å². The number of rotatable bonds is 2. The minimum Gasteiger partial charge on any atom is -0.361 e. The lowest BCUT2D eigenvalue weighted by atomic mass is 9.80. The first-order valence-corrected chi connectivity index (χ1v) is 5.85. The average molecular weight is 208 g/mol. The van der Waals surface area contributed by atoms with Crippen LogP contribution in [0.4, 0.5) is 0 Å². The first kappa shape index (κ1) is 10.7. The standard InChI is InChI=1S/C12H20N2O/c1-8-9(2)14-15-12(8)11-5-3-10(7-13)4-6-11/h10-11H,3-7,13H2,1-2H3. The third-order valence-corrected chi connectivity index (χ3v) is 3.74. The molecule has 0 aromatic carbocycles. The molecule has 1 aromatic rings. The average Bonchev–Trinajstić information content (AvgIpc) is 2.60. The lowest BCUT2D eigenvalue weighted by Crippen LogP contribution is -2.20. The molecule has 84 valence electrons. The molecule has 1 aromatic heterocycles. The number of hydrogen-bond acceptors (Lipinski definition) is 3. The summed E-state index contributed by atoms with van der Waals surface area (Å²) in [5.74, 6) is 2.42.